The number of aliphatic hydroxyl groups excluding tert-OH is 2. The summed E-state index contributed by atoms with van der Waals surface area (Å²) in [7, 11) is 0. The van der Waals surface area contributed by atoms with Crippen molar-refractivity contribution >= 4 is 28.6 Å². The number of aliphatic imine (C=N–C) groups is 2. The Morgan fingerprint density at radius 1 is 0.981 bits per heavy atom. The van der Waals surface area contributed by atoms with Crippen molar-refractivity contribution in [1.29, 1.82) is 0 Å². The number of carboxylic acids is 1. The molecule has 0 radical (unpaired) electrons. The summed E-state index contributed by atoms with van der Waals surface area (Å²) >= 11 is 0. The van der Waals surface area contributed by atoms with E-state index in [-0.39, 0.29) is 17.1 Å². The van der Waals surface area contributed by atoms with Crippen LogP contribution >= 0.6 is 0 Å². The fourth-order valence-corrected chi connectivity index (χ4v) is 7.42. The number of hydrogen-bond donors (Lipinski definition) is 9. The van der Waals surface area contributed by atoms with Crippen LogP contribution in [0.2, 0.25) is 0 Å². The molecule has 2 aliphatic heterocycles. The number of guanidine groups is 1. The lowest BCUT2D eigenvalue weighted by molar-refractivity contribution is -0.303. The van der Waals surface area contributed by atoms with E-state index in [0.717, 1.165) is 43.4 Å². The zero-order chi connectivity index (χ0) is 37.1. The van der Waals surface area contributed by atoms with E-state index in [1.165, 1.54) is 17.7 Å². The second kappa shape index (κ2) is 12.8. The molecule has 0 bridgehead atoms. The van der Waals surface area contributed by atoms with Gasteiger partial charge in [-0.2, -0.15) is 0 Å². The van der Waals surface area contributed by atoms with Gasteiger partial charge < -0.3 is 61.1 Å². The number of nitrogens with zero attached hydrogens (tertiary/aromatic N) is 2. The summed E-state index contributed by atoms with van der Waals surface area (Å²) in [5.74, 6) is -4.93. The molecule has 1 aromatic heterocycles. The maximum absolute atomic E-state index is 13.5. The SMILES string of the molecule is NC(N)=NCC1(O)C(O)C(Oc2cc3oc(-c4ccc(O)cc4C4=NC5(CCCC5)c5ccccc5C4)cc(=O)c3c(O)c2O)OC(C(=O)O)C1O. The molecule has 5 atom stereocenters. The predicted molar refractivity (Wildman–Crippen MR) is 184 cm³/mol. The standard InChI is InChI=1S/C36H36N4O12/c37-34(38)39-15-36(49)30(45)29(32(47)48)52-33(31(36)46)51-25-14-24-26(28(44)27(25)43)22(42)13-23(50-24)18-8-7-17(41)12-19(18)21-11-16-5-1-2-6-20(16)35(40-21)9-3-4-10-35/h1-2,5-8,12-14,29-31,33,41,43-46,49H,3-4,9-11,15H2,(H,47,48)(H4,37,38,39). The zero-order valence-corrected chi connectivity index (χ0v) is 27.5. The van der Waals surface area contributed by atoms with Crippen LogP contribution in [0.1, 0.15) is 42.4 Å². The van der Waals surface area contributed by atoms with Crippen LogP contribution in [0.15, 0.2) is 73.8 Å². The molecule has 16 nitrogen and oxygen atoms in total. The van der Waals surface area contributed by atoms with E-state index in [9.17, 15) is 45.3 Å². The highest BCUT2D eigenvalue weighted by Gasteiger charge is 2.58. The first kappa shape index (κ1) is 34.8. The average Bonchev–Trinajstić information content (AvgIpc) is 3.57. The van der Waals surface area contributed by atoms with Crippen LogP contribution in [0, 0.1) is 0 Å². The number of benzene rings is 3. The molecule has 272 valence electrons. The molecule has 11 N–H and O–H groups in total. The van der Waals surface area contributed by atoms with Crippen LogP contribution in [0.3, 0.4) is 0 Å². The molecule has 1 saturated heterocycles. The minimum absolute atomic E-state index is 0.0141. The quantitative estimate of drug-likeness (QED) is 0.0741. The van der Waals surface area contributed by atoms with E-state index in [1.807, 2.05) is 18.2 Å². The van der Waals surface area contributed by atoms with E-state index in [1.54, 1.807) is 6.07 Å². The lowest BCUT2D eigenvalue weighted by atomic mass is 9.79. The van der Waals surface area contributed by atoms with Gasteiger partial charge in [0.1, 0.15) is 40.3 Å². The van der Waals surface area contributed by atoms with Crippen LogP contribution in [0.25, 0.3) is 22.3 Å². The van der Waals surface area contributed by atoms with E-state index < -0.39 is 82.3 Å². The van der Waals surface area contributed by atoms with E-state index in [0.29, 0.717) is 23.3 Å². The second-order valence-electron chi connectivity index (χ2n) is 13.3. The number of fused-ring (bicyclic) bond motifs is 3. The predicted octanol–water partition coefficient (Wildman–Crippen LogP) is 1.31. The van der Waals surface area contributed by atoms with Crippen LogP contribution in [-0.4, -0.2) is 90.1 Å². The number of phenolic OH excluding ortho intramolecular Hbond substituents is 3. The minimum Gasteiger partial charge on any atom is -0.508 e. The summed E-state index contributed by atoms with van der Waals surface area (Å²) in [6, 6.07) is 14.8. The first-order chi connectivity index (χ1) is 24.7. The summed E-state index contributed by atoms with van der Waals surface area (Å²) in [6.07, 6.45) is -4.55. The fraction of sp³-hybridized carbons (Fsp3) is 0.333. The molecule has 16 heteroatoms. The van der Waals surface area contributed by atoms with Gasteiger partial charge >= 0.3 is 5.97 Å². The van der Waals surface area contributed by atoms with Gasteiger partial charge in [-0.15, -0.1) is 0 Å². The maximum atomic E-state index is 13.5. The average molecular weight is 717 g/mol. The molecule has 3 aliphatic rings. The van der Waals surface area contributed by atoms with Gasteiger partial charge in [-0.05, 0) is 42.2 Å². The molecule has 5 unspecified atom stereocenters. The lowest BCUT2D eigenvalue weighted by Gasteiger charge is -2.45. The zero-order valence-electron chi connectivity index (χ0n) is 27.5. The molecule has 52 heavy (non-hydrogen) atoms. The molecule has 7 rings (SSSR count). The number of phenols is 3. The molecular weight excluding hydrogens is 680 g/mol. The van der Waals surface area contributed by atoms with Gasteiger partial charge in [0.05, 0.1) is 12.1 Å². The number of ether oxygens (including phenoxy) is 2. The lowest BCUT2D eigenvalue weighted by Crippen LogP contribution is -2.70. The van der Waals surface area contributed by atoms with Gasteiger partial charge in [-0.3, -0.25) is 14.8 Å². The van der Waals surface area contributed by atoms with E-state index in [4.69, 9.17) is 30.4 Å². The number of nitrogens with two attached hydrogens (primary N) is 2. The Morgan fingerprint density at radius 3 is 2.42 bits per heavy atom. The number of rotatable bonds is 7. The Kier molecular flexibility index (Phi) is 8.57. The third-order valence-corrected chi connectivity index (χ3v) is 10.0. The van der Waals surface area contributed by atoms with Crippen LogP contribution in [-0.2, 0) is 21.5 Å². The normalized spacial score (nSPS) is 25.0. The van der Waals surface area contributed by atoms with Crippen molar-refractivity contribution in [1.82, 2.24) is 0 Å². The Hall–Kier alpha value is -5.68. The molecule has 1 spiro atoms. The summed E-state index contributed by atoms with van der Waals surface area (Å²) in [6.45, 7) is -0.870. The monoisotopic (exact) mass is 716 g/mol. The molecule has 1 aliphatic carbocycles. The number of aromatic hydroxyl groups is 3. The fourth-order valence-electron chi connectivity index (χ4n) is 7.42. The first-order valence-corrected chi connectivity index (χ1v) is 16.4. The largest absolute Gasteiger partial charge is 0.508 e. The summed E-state index contributed by atoms with van der Waals surface area (Å²) in [4.78, 5) is 34.3. The van der Waals surface area contributed by atoms with Crippen molar-refractivity contribution in [3.63, 3.8) is 0 Å². The number of aliphatic hydroxyl groups is 3. The molecule has 1 saturated carbocycles. The van der Waals surface area contributed by atoms with Crippen molar-refractivity contribution in [2.24, 2.45) is 21.5 Å². The van der Waals surface area contributed by atoms with Gasteiger partial charge in [0, 0.05) is 35.4 Å². The van der Waals surface area contributed by atoms with E-state index in [2.05, 4.69) is 11.1 Å². The van der Waals surface area contributed by atoms with Gasteiger partial charge in [-0.1, -0.05) is 37.1 Å². The van der Waals surface area contributed by atoms with Crippen LogP contribution in [0.4, 0.5) is 0 Å². The third kappa shape index (κ3) is 5.75. The molecule has 2 fully saturated rings. The number of carbonyl (C=O) groups is 1. The summed E-state index contributed by atoms with van der Waals surface area (Å²) in [5, 5.41) is 74.4. The number of carboxylic acid groups (broad SMARTS) is 1. The van der Waals surface area contributed by atoms with Crippen LogP contribution < -0.4 is 21.6 Å². The summed E-state index contributed by atoms with van der Waals surface area (Å²) in [5.41, 5.74) is 10.3. The highest BCUT2D eigenvalue weighted by atomic mass is 16.7. The maximum Gasteiger partial charge on any atom is 0.335 e. The highest BCUT2D eigenvalue weighted by molar-refractivity contribution is 6.08. The molecule has 3 heterocycles. The first-order valence-electron chi connectivity index (χ1n) is 16.4. The summed E-state index contributed by atoms with van der Waals surface area (Å²) < 4.78 is 17.0. The minimum atomic E-state index is -2.72. The van der Waals surface area contributed by atoms with Crippen molar-refractivity contribution in [2.75, 3.05) is 6.54 Å². The van der Waals surface area contributed by atoms with Crippen LogP contribution in [0.5, 0.6) is 23.0 Å². The third-order valence-electron chi connectivity index (χ3n) is 10.0. The van der Waals surface area contributed by atoms with Gasteiger partial charge in [0.2, 0.25) is 12.0 Å². The topological polar surface area (TPSA) is 284 Å². The van der Waals surface area contributed by atoms with Crippen molar-refractivity contribution in [3.05, 3.63) is 81.5 Å². The van der Waals surface area contributed by atoms with Gasteiger partial charge in [0.15, 0.2) is 29.0 Å². The Bertz CT molecular complexity index is 2210. The molecule has 0 amide bonds. The van der Waals surface area contributed by atoms with Crippen molar-refractivity contribution in [3.8, 4) is 34.3 Å². The van der Waals surface area contributed by atoms with Gasteiger partial charge in [0.25, 0.3) is 0 Å². The highest BCUT2D eigenvalue weighted by Crippen LogP contribution is 2.48. The number of hydrogen-bond acceptors (Lipinski definition) is 13. The Labute approximate surface area is 294 Å². The van der Waals surface area contributed by atoms with Crippen molar-refractivity contribution in [2.45, 2.75) is 67.8 Å². The van der Waals surface area contributed by atoms with Crippen molar-refractivity contribution < 1.29 is 54.4 Å². The molecule has 4 aromatic rings. The Balaban J connectivity index is 1.31. The molecular formula is C36H36N4O12. The molecule has 3 aromatic carbocycles. The van der Waals surface area contributed by atoms with E-state index >= 15 is 0 Å². The second-order valence-corrected chi connectivity index (χ2v) is 13.3. The van der Waals surface area contributed by atoms with Gasteiger partial charge in [-0.25, -0.2) is 4.79 Å². The smallest absolute Gasteiger partial charge is 0.335 e. The Morgan fingerprint density at radius 2 is 1.71 bits per heavy atom. The number of aliphatic carboxylic acids is 1.